The van der Waals surface area contributed by atoms with Crippen LogP contribution in [0.4, 0.5) is 0 Å². The predicted molar refractivity (Wildman–Crippen MR) is 103 cm³/mol. The third kappa shape index (κ3) is 3.21. The van der Waals surface area contributed by atoms with Crippen molar-refractivity contribution in [3.8, 4) is 11.5 Å². The van der Waals surface area contributed by atoms with Crippen LogP contribution in [-0.2, 0) is 6.54 Å². The van der Waals surface area contributed by atoms with Gasteiger partial charge in [0.25, 0.3) is 5.56 Å². The van der Waals surface area contributed by atoms with Crippen molar-refractivity contribution in [3.63, 3.8) is 0 Å². The lowest BCUT2D eigenvalue weighted by atomic mass is 10.0. The number of aromatic nitrogens is 2. The monoisotopic (exact) mass is 384 g/mol. The summed E-state index contributed by atoms with van der Waals surface area (Å²) in [5.74, 6) is 1.70. The number of quaternary nitrogens is 1. The molecule has 6 nitrogen and oxygen atoms in total. The van der Waals surface area contributed by atoms with E-state index in [0.29, 0.717) is 19.3 Å². The summed E-state index contributed by atoms with van der Waals surface area (Å²) in [5, 5.41) is 1.90. The van der Waals surface area contributed by atoms with Gasteiger partial charge in [-0.15, -0.1) is 11.3 Å². The van der Waals surface area contributed by atoms with E-state index in [1.54, 1.807) is 16.7 Å². The van der Waals surface area contributed by atoms with E-state index in [4.69, 9.17) is 9.47 Å². The van der Waals surface area contributed by atoms with E-state index in [0.717, 1.165) is 48.1 Å². The first-order valence-corrected chi connectivity index (χ1v) is 10.4. The van der Waals surface area contributed by atoms with Crippen molar-refractivity contribution in [2.45, 2.75) is 31.8 Å². The molecule has 2 aliphatic heterocycles. The van der Waals surface area contributed by atoms with Gasteiger partial charge in [0, 0.05) is 42.5 Å². The molecule has 1 saturated heterocycles. The predicted octanol–water partition coefficient (Wildman–Crippen LogP) is 1.84. The quantitative estimate of drug-likeness (QED) is 0.749. The van der Waals surface area contributed by atoms with Crippen molar-refractivity contribution < 1.29 is 14.4 Å². The van der Waals surface area contributed by atoms with E-state index in [1.807, 2.05) is 11.4 Å². The molecule has 7 heteroatoms. The number of nitrogens with one attached hydrogen (secondary N) is 1. The normalized spacial score (nSPS) is 22.1. The number of rotatable bonds is 3. The molecule has 5 rings (SSSR count). The molecule has 0 bridgehead atoms. The fourth-order valence-corrected chi connectivity index (χ4v) is 4.87. The summed E-state index contributed by atoms with van der Waals surface area (Å²) in [7, 11) is 0. The van der Waals surface area contributed by atoms with E-state index >= 15 is 0 Å². The summed E-state index contributed by atoms with van der Waals surface area (Å²) >= 11 is 1.50. The molecule has 1 aromatic carbocycles. The molecule has 2 aliphatic rings. The van der Waals surface area contributed by atoms with Gasteiger partial charge in [-0.25, -0.2) is 4.98 Å². The molecule has 2 atom stereocenters. The van der Waals surface area contributed by atoms with Gasteiger partial charge in [-0.2, -0.15) is 0 Å². The minimum absolute atomic E-state index is 0.00183. The number of benzene rings is 1. The zero-order valence-electron chi connectivity index (χ0n) is 15.0. The highest BCUT2D eigenvalue weighted by Gasteiger charge is 2.31. The lowest BCUT2D eigenvalue weighted by Crippen LogP contribution is -3.09. The van der Waals surface area contributed by atoms with Crippen molar-refractivity contribution >= 4 is 16.3 Å². The Morgan fingerprint density at radius 2 is 2.07 bits per heavy atom. The number of thiazole rings is 1. The van der Waals surface area contributed by atoms with Crippen LogP contribution < -0.4 is 19.9 Å². The first kappa shape index (κ1) is 16.8. The van der Waals surface area contributed by atoms with E-state index in [9.17, 15) is 4.79 Å². The average molecular weight is 384 g/mol. The molecule has 140 valence electrons. The first-order chi connectivity index (χ1) is 13.3. The molecule has 0 spiro atoms. The second-order valence-electron chi connectivity index (χ2n) is 7.18. The highest BCUT2D eigenvalue weighted by atomic mass is 32.1. The summed E-state index contributed by atoms with van der Waals surface area (Å²) in [6.45, 7) is 3.26. The highest BCUT2D eigenvalue weighted by Crippen LogP contribution is 2.33. The molecule has 0 radical (unpaired) electrons. The topological polar surface area (TPSA) is 57.3 Å². The molecule has 27 heavy (non-hydrogen) atoms. The fraction of sp³-hybridized carbons (Fsp3) is 0.400. The zero-order chi connectivity index (χ0) is 18.2. The van der Waals surface area contributed by atoms with E-state index in [2.05, 4.69) is 17.1 Å². The van der Waals surface area contributed by atoms with Crippen molar-refractivity contribution in [2.24, 2.45) is 0 Å². The van der Waals surface area contributed by atoms with Crippen LogP contribution in [0.5, 0.6) is 11.5 Å². The molecule has 2 aromatic heterocycles. The van der Waals surface area contributed by atoms with E-state index in [1.165, 1.54) is 28.2 Å². The van der Waals surface area contributed by atoms with Crippen LogP contribution >= 0.6 is 11.3 Å². The van der Waals surface area contributed by atoms with Gasteiger partial charge in [-0.1, -0.05) is 0 Å². The Hall–Kier alpha value is -2.38. The van der Waals surface area contributed by atoms with Gasteiger partial charge in [0.15, 0.2) is 16.5 Å². The number of ether oxygens (including phenoxy) is 2. The van der Waals surface area contributed by atoms with Crippen LogP contribution in [0.25, 0.3) is 4.96 Å². The molecule has 3 aromatic rings. The van der Waals surface area contributed by atoms with Crippen LogP contribution in [0.3, 0.4) is 0 Å². The summed E-state index contributed by atoms with van der Waals surface area (Å²) in [6, 6.07) is 8.41. The molecule has 0 amide bonds. The standard InChI is InChI=1S/C20H21N3O3S/c24-19-12-15(21-20-23(19)7-10-27-20)13-22-6-1-3-16(22)14-4-5-17-18(11-14)26-9-2-8-25-17/h4-5,7,10-12,16H,1-3,6,8-9,13H2/p+1/t16-/m0/s1. The van der Waals surface area contributed by atoms with Gasteiger partial charge in [0.05, 0.1) is 19.8 Å². The Balaban J connectivity index is 1.41. The van der Waals surface area contributed by atoms with Crippen LogP contribution in [0.15, 0.2) is 40.6 Å². The lowest BCUT2D eigenvalue weighted by molar-refractivity contribution is -0.932. The van der Waals surface area contributed by atoms with Crippen LogP contribution in [0.1, 0.15) is 36.6 Å². The molecule has 4 heterocycles. The van der Waals surface area contributed by atoms with Crippen molar-refractivity contribution in [1.29, 1.82) is 0 Å². The lowest BCUT2D eigenvalue weighted by Gasteiger charge is -2.22. The summed E-state index contributed by atoms with van der Waals surface area (Å²) in [5.41, 5.74) is 2.15. The second kappa shape index (κ2) is 6.98. The van der Waals surface area contributed by atoms with Crippen molar-refractivity contribution in [2.75, 3.05) is 19.8 Å². The minimum Gasteiger partial charge on any atom is -0.490 e. The number of hydrogen-bond acceptors (Lipinski definition) is 5. The Bertz CT molecular complexity index is 1030. The first-order valence-electron chi connectivity index (χ1n) is 9.48. The van der Waals surface area contributed by atoms with E-state index < -0.39 is 0 Å². The van der Waals surface area contributed by atoms with Gasteiger partial charge in [0.2, 0.25) is 0 Å². The third-order valence-corrected chi connectivity index (χ3v) is 6.18. The van der Waals surface area contributed by atoms with Gasteiger partial charge in [-0.05, 0) is 18.2 Å². The van der Waals surface area contributed by atoms with Crippen LogP contribution in [0, 0.1) is 0 Å². The molecule has 1 fully saturated rings. The smallest absolute Gasteiger partial charge is 0.258 e. The molecule has 1 unspecified atom stereocenters. The SMILES string of the molecule is O=c1cc(C[NH+]2CCC[C@H]2c2ccc3c(c2)OCCCO3)nc2sccn12. The maximum atomic E-state index is 12.3. The highest BCUT2D eigenvalue weighted by molar-refractivity contribution is 7.15. The maximum absolute atomic E-state index is 12.3. The van der Waals surface area contributed by atoms with Crippen LogP contribution in [-0.4, -0.2) is 29.1 Å². The fourth-order valence-electron chi connectivity index (χ4n) is 4.13. The number of likely N-dealkylation sites (tertiary alicyclic amines) is 1. The van der Waals surface area contributed by atoms with Gasteiger partial charge < -0.3 is 14.4 Å². The number of nitrogens with zero attached hydrogens (tertiary/aromatic N) is 2. The van der Waals surface area contributed by atoms with Gasteiger partial charge in [-0.3, -0.25) is 9.20 Å². The van der Waals surface area contributed by atoms with Crippen molar-refractivity contribution in [3.05, 3.63) is 57.5 Å². The Kier molecular flexibility index (Phi) is 4.33. The minimum atomic E-state index is 0.00183. The number of fused-ring (bicyclic) bond motifs is 2. The largest absolute Gasteiger partial charge is 0.490 e. The Morgan fingerprint density at radius 3 is 3.00 bits per heavy atom. The maximum Gasteiger partial charge on any atom is 0.258 e. The van der Waals surface area contributed by atoms with E-state index in [-0.39, 0.29) is 5.56 Å². The molecule has 0 aliphatic carbocycles. The summed E-state index contributed by atoms with van der Waals surface area (Å²) < 4.78 is 13.2. The summed E-state index contributed by atoms with van der Waals surface area (Å²) in [6.07, 6.45) is 5.00. The Morgan fingerprint density at radius 1 is 1.19 bits per heavy atom. The second-order valence-corrected chi connectivity index (χ2v) is 8.05. The molecule has 1 N–H and O–H groups in total. The van der Waals surface area contributed by atoms with Gasteiger partial charge in [0.1, 0.15) is 18.3 Å². The molecule has 0 saturated carbocycles. The third-order valence-electron chi connectivity index (χ3n) is 5.42. The number of hydrogen-bond donors (Lipinski definition) is 1. The van der Waals surface area contributed by atoms with Gasteiger partial charge >= 0.3 is 0 Å². The summed E-state index contributed by atoms with van der Waals surface area (Å²) in [4.78, 5) is 19.2. The molecular formula is C20H22N3O3S+. The zero-order valence-corrected chi connectivity index (χ0v) is 15.8. The average Bonchev–Trinajstić information content (AvgIpc) is 3.26. The van der Waals surface area contributed by atoms with Crippen molar-refractivity contribution in [1.82, 2.24) is 9.38 Å². The van der Waals surface area contributed by atoms with Crippen LogP contribution in [0.2, 0.25) is 0 Å². The Labute approximate surface area is 161 Å². The molecular weight excluding hydrogens is 362 g/mol.